The molecule has 2 aromatic carbocycles. The molecule has 4 N–H and O–H groups in total. The lowest BCUT2D eigenvalue weighted by atomic mass is 10.0. The minimum Gasteiger partial charge on any atom is -0.392 e. The molecule has 0 spiro atoms. The standard InChI is InChI=1S/C30H36N4O6S/c35-19-21-8-10-22(11-9-21)26-18-25(20-41-30-31-16-5-17-32-30)39-29(40-26)23-12-14-24(15-13-23)33-27(36)6-3-1-2-4-7-28(37)34-38/h5,8-17,25-26,29,35,38H,1-4,6-7,18-20H2,(H,33,36)(H,34,37)/t25-,26+,29+/m0/s1. The van der Waals surface area contributed by atoms with Gasteiger partial charge >= 0.3 is 0 Å². The average molecular weight is 581 g/mol. The summed E-state index contributed by atoms with van der Waals surface area (Å²) >= 11 is 1.54. The number of aliphatic hydroxyl groups excluding tert-OH is 1. The van der Waals surface area contributed by atoms with Gasteiger partial charge in [-0.1, -0.05) is 61.0 Å². The van der Waals surface area contributed by atoms with Gasteiger partial charge in [0.05, 0.1) is 18.8 Å². The Morgan fingerprint density at radius 2 is 1.54 bits per heavy atom. The number of nitrogens with zero attached hydrogens (tertiary/aromatic N) is 2. The van der Waals surface area contributed by atoms with Gasteiger partial charge in [-0.3, -0.25) is 14.8 Å². The molecule has 0 aliphatic carbocycles. The van der Waals surface area contributed by atoms with Crippen LogP contribution < -0.4 is 10.8 Å². The molecule has 1 saturated heterocycles. The maximum atomic E-state index is 12.4. The molecule has 2 heterocycles. The van der Waals surface area contributed by atoms with Gasteiger partial charge in [0.1, 0.15) is 0 Å². The van der Waals surface area contributed by atoms with E-state index in [1.807, 2.05) is 48.5 Å². The maximum Gasteiger partial charge on any atom is 0.243 e. The zero-order chi connectivity index (χ0) is 28.9. The predicted octanol–water partition coefficient (Wildman–Crippen LogP) is 5.09. The summed E-state index contributed by atoms with van der Waals surface area (Å²) < 4.78 is 12.7. The first-order chi connectivity index (χ1) is 20.0. The lowest BCUT2D eigenvalue weighted by Gasteiger charge is -2.36. The lowest BCUT2D eigenvalue weighted by molar-refractivity contribution is -0.245. The third-order valence-electron chi connectivity index (χ3n) is 6.70. The third kappa shape index (κ3) is 9.91. The molecule has 3 atom stereocenters. The highest BCUT2D eigenvalue weighted by molar-refractivity contribution is 7.99. The van der Waals surface area contributed by atoms with Crippen LogP contribution in [0.4, 0.5) is 5.69 Å². The largest absolute Gasteiger partial charge is 0.392 e. The number of aliphatic hydroxyl groups is 1. The summed E-state index contributed by atoms with van der Waals surface area (Å²) in [6.45, 7) is -0.0116. The van der Waals surface area contributed by atoms with Gasteiger partial charge in [-0.25, -0.2) is 15.4 Å². The van der Waals surface area contributed by atoms with E-state index in [1.165, 1.54) is 11.8 Å². The van der Waals surface area contributed by atoms with Gasteiger partial charge < -0.3 is 19.9 Å². The fourth-order valence-electron chi connectivity index (χ4n) is 4.48. The van der Waals surface area contributed by atoms with Gasteiger partial charge in [0, 0.05) is 48.7 Å². The number of hydrogen-bond acceptors (Lipinski definition) is 9. The smallest absolute Gasteiger partial charge is 0.243 e. The van der Waals surface area contributed by atoms with E-state index in [2.05, 4.69) is 15.3 Å². The van der Waals surface area contributed by atoms with Crippen LogP contribution >= 0.6 is 11.8 Å². The number of hydrogen-bond donors (Lipinski definition) is 4. The summed E-state index contributed by atoms with van der Waals surface area (Å²) in [5.74, 6) is 0.207. The molecule has 2 amide bonds. The van der Waals surface area contributed by atoms with Crippen molar-refractivity contribution in [2.75, 3.05) is 11.1 Å². The number of nitrogens with one attached hydrogen (secondary N) is 2. The molecule has 1 fully saturated rings. The normalized spacial score (nSPS) is 18.5. The predicted molar refractivity (Wildman–Crippen MR) is 154 cm³/mol. The van der Waals surface area contributed by atoms with Gasteiger partial charge in [-0.2, -0.15) is 0 Å². The van der Waals surface area contributed by atoms with Crippen LogP contribution in [0.25, 0.3) is 0 Å². The van der Waals surface area contributed by atoms with Crippen molar-refractivity contribution in [2.24, 2.45) is 0 Å². The van der Waals surface area contributed by atoms with Crippen molar-refractivity contribution >= 4 is 29.3 Å². The molecule has 10 nitrogen and oxygen atoms in total. The number of benzene rings is 2. The Hall–Kier alpha value is -3.35. The molecule has 218 valence electrons. The van der Waals surface area contributed by atoms with Crippen molar-refractivity contribution in [1.29, 1.82) is 0 Å². The number of carbonyl (C=O) groups excluding carboxylic acids is 2. The molecule has 0 unspecified atom stereocenters. The lowest BCUT2D eigenvalue weighted by Crippen LogP contribution is -2.31. The highest BCUT2D eigenvalue weighted by Crippen LogP contribution is 2.39. The van der Waals surface area contributed by atoms with E-state index in [-0.39, 0.29) is 31.1 Å². The first kappa shape index (κ1) is 30.6. The number of unbranched alkanes of at least 4 members (excludes halogenated alkanes) is 3. The van der Waals surface area contributed by atoms with E-state index in [4.69, 9.17) is 14.7 Å². The molecule has 1 aliphatic heterocycles. The summed E-state index contributed by atoms with van der Waals surface area (Å²) in [5.41, 5.74) is 5.02. The molecule has 0 bridgehead atoms. The maximum absolute atomic E-state index is 12.4. The Bertz CT molecular complexity index is 1230. The van der Waals surface area contributed by atoms with Crippen LogP contribution in [0.5, 0.6) is 0 Å². The van der Waals surface area contributed by atoms with Crippen LogP contribution in [0.1, 0.15) is 74.0 Å². The zero-order valence-corrected chi connectivity index (χ0v) is 23.6. The van der Waals surface area contributed by atoms with E-state index in [9.17, 15) is 14.7 Å². The van der Waals surface area contributed by atoms with E-state index >= 15 is 0 Å². The number of ether oxygens (including phenoxy) is 2. The number of aromatic nitrogens is 2. The molecule has 1 aliphatic rings. The second kappa shape index (κ2) is 16.2. The quantitative estimate of drug-likeness (QED) is 0.0674. The topological polar surface area (TPSA) is 143 Å². The SMILES string of the molecule is O=C(CCCCCCC(=O)Nc1ccc([C@@H]2O[C@H](CSc3ncccn3)C[C@H](c3ccc(CO)cc3)O2)cc1)NO. The average Bonchev–Trinajstić information content (AvgIpc) is 3.02. The molecule has 0 saturated carbocycles. The van der Waals surface area contributed by atoms with Gasteiger partial charge in [-0.05, 0) is 42.2 Å². The van der Waals surface area contributed by atoms with E-state index < -0.39 is 12.2 Å². The van der Waals surface area contributed by atoms with Crippen molar-refractivity contribution in [1.82, 2.24) is 15.4 Å². The Morgan fingerprint density at radius 1 is 0.878 bits per heavy atom. The number of thioether (sulfide) groups is 1. The summed E-state index contributed by atoms with van der Waals surface area (Å²) in [7, 11) is 0. The monoisotopic (exact) mass is 580 g/mol. The minimum atomic E-state index is -0.591. The minimum absolute atomic E-state index is 0.0116. The van der Waals surface area contributed by atoms with Crippen molar-refractivity contribution in [2.45, 2.75) is 75.2 Å². The van der Waals surface area contributed by atoms with Crippen molar-refractivity contribution in [3.05, 3.63) is 83.7 Å². The van der Waals surface area contributed by atoms with Gasteiger partial charge in [0.25, 0.3) is 0 Å². The van der Waals surface area contributed by atoms with Crippen LogP contribution in [0.15, 0.2) is 72.1 Å². The number of rotatable bonds is 14. The van der Waals surface area contributed by atoms with Crippen LogP contribution in [0.2, 0.25) is 0 Å². The van der Waals surface area contributed by atoms with Crippen LogP contribution in [0.3, 0.4) is 0 Å². The van der Waals surface area contributed by atoms with Gasteiger partial charge in [0.2, 0.25) is 11.8 Å². The second-order valence-electron chi connectivity index (χ2n) is 9.81. The molecule has 4 rings (SSSR count). The third-order valence-corrected chi connectivity index (χ3v) is 7.71. The van der Waals surface area contributed by atoms with Crippen molar-refractivity contribution < 1.29 is 29.4 Å². The number of carbonyl (C=O) groups is 2. The summed E-state index contributed by atoms with van der Waals surface area (Å²) in [5, 5.41) is 21.5. The molecule has 41 heavy (non-hydrogen) atoms. The Labute approximate surface area is 243 Å². The van der Waals surface area contributed by atoms with Crippen molar-refractivity contribution in [3.8, 4) is 0 Å². The first-order valence-corrected chi connectivity index (χ1v) is 14.8. The molecule has 11 heteroatoms. The Balaban J connectivity index is 1.33. The molecule has 1 aromatic heterocycles. The summed E-state index contributed by atoms with van der Waals surface area (Å²) in [4.78, 5) is 32.0. The fraction of sp³-hybridized carbons (Fsp3) is 0.400. The zero-order valence-electron chi connectivity index (χ0n) is 22.8. The molecular weight excluding hydrogens is 544 g/mol. The van der Waals surface area contributed by atoms with Gasteiger partial charge in [-0.15, -0.1) is 0 Å². The highest BCUT2D eigenvalue weighted by Gasteiger charge is 2.32. The van der Waals surface area contributed by atoms with E-state index in [1.54, 1.807) is 23.9 Å². The molecule has 0 radical (unpaired) electrons. The van der Waals surface area contributed by atoms with E-state index in [0.717, 1.165) is 36.0 Å². The first-order valence-electron chi connectivity index (χ1n) is 13.8. The molecular formula is C30H36N4O6S. The van der Waals surface area contributed by atoms with Crippen LogP contribution in [0, 0.1) is 0 Å². The number of hydroxylamine groups is 1. The van der Waals surface area contributed by atoms with Crippen LogP contribution in [-0.4, -0.2) is 44.0 Å². The fourth-order valence-corrected chi connectivity index (χ4v) is 5.30. The number of anilines is 1. The summed E-state index contributed by atoms with van der Waals surface area (Å²) in [6.07, 6.45) is 6.94. The Kier molecular flexibility index (Phi) is 12.1. The Morgan fingerprint density at radius 3 is 2.20 bits per heavy atom. The number of amides is 2. The molecule has 3 aromatic rings. The van der Waals surface area contributed by atoms with Crippen LogP contribution in [-0.2, 0) is 25.7 Å². The second-order valence-corrected chi connectivity index (χ2v) is 10.8. The van der Waals surface area contributed by atoms with E-state index in [0.29, 0.717) is 35.9 Å². The highest BCUT2D eigenvalue weighted by atomic mass is 32.2. The van der Waals surface area contributed by atoms with Gasteiger partial charge in [0.15, 0.2) is 11.4 Å². The summed E-state index contributed by atoms with van der Waals surface area (Å²) in [6, 6.07) is 17.0. The van der Waals surface area contributed by atoms with Crippen molar-refractivity contribution in [3.63, 3.8) is 0 Å².